The van der Waals surface area contributed by atoms with Crippen LogP contribution in [0, 0.1) is 0 Å². The Kier molecular flexibility index (Phi) is 5.28. The van der Waals surface area contributed by atoms with Gasteiger partial charge in [0.25, 0.3) is 0 Å². The van der Waals surface area contributed by atoms with Crippen molar-refractivity contribution < 1.29 is 17.5 Å². The van der Waals surface area contributed by atoms with Crippen LogP contribution in [0.4, 0.5) is 0 Å². The van der Waals surface area contributed by atoms with Crippen LogP contribution in [-0.4, -0.2) is 45.6 Å². The topological polar surface area (TPSA) is 57.2 Å². The lowest BCUT2D eigenvalue weighted by Crippen LogP contribution is -2.27. The zero-order chi connectivity index (χ0) is 9.00. The molecular weight excluding hydrogens is 178 g/mol. The predicted molar refractivity (Wildman–Crippen MR) is 39.5 cm³/mol. The highest BCUT2D eigenvalue weighted by molar-refractivity contribution is 8.09. The standard InChI is InChI=1S/C4H12N.ClHO3S/c2*1-5(2,3)4/h1-4H3;(H,2,3,4)/q+1;/p-1. The van der Waals surface area contributed by atoms with Crippen LogP contribution < -0.4 is 0 Å². The summed E-state index contributed by atoms with van der Waals surface area (Å²) in [6.07, 6.45) is 0. The molecule has 0 saturated heterocycles. The quantitative estimate of drug-likeness (QED) is 0.307. The fraction of sp³-hybridized carbons (Fsp3) is 1.00. The maximum atomic E-state index is 8.84. The first-order chi connectivity index (χ1) is 4.00. The van der Waals surface area contributed by atoms with Crippen molar-refractivity contribution in [3.05, 3.63) is 0 Å². The molecule has 0 aliphatic heterocycles. The van der Waals surface area contributed by atoms with Crippen molar-refractivity contribution in [2.45, 2.75) is 0 Å². The Balaban J connectivity index is 0. The third kappa shape index (κ3) is 16300. The van der Waals surface area contributed by atoms with Crippen LogP contribution in [0.3, 0.4) is 0 Å². The van der Waals surface area contributed by atoms with Gasteiger partial charge in [-0.2, -0.15) is 0 Å². The number of nitrogens with zero attached hydrogens (tertiary/aromatic N) is 1. The van der Waals surface area contributed by atoms with Crippen molar-refractivity contribution in [1.29, 1.82) is 0 Å². The van der Waals surface area contributed by atoms with Gasteiger partial charge in [0.1, 0.15) is 0 Å². The second-order valence-corrected chi connectivity index (χ2v) is 5.00. The minimum absolute atomic E-state index is 1.00. The van der Waals surface area contributed by atoms with Crippen LogP contribution in [0.2, 0.25) is 0 Å². The number of rotatable bonds is 0. The SMILES string of the molecule is C[N+](C)(C)C.O=S(=O)([O-])Cl. The van der Waals surface area contributed by atoms with Gasteiger partial charge in [-0.05, 0) is 0 Å². The summed E-state index contributed by atoms with van der Waals surface area (Å²) in [7, 11) is 8.00. The smallest absolute Gasteiger partial charge is 0.181 e. The van der Waals surface area contributed by atoms with Gasteiger partial charge in [-0.15, -0.1) is 0 Å². The largest absolute Gasteiger partial charge is 0.735 e. The first-order valence-electron chi connectivity index (χ1n) is 2.44. The van der Waals surface area contributed by atoms with E-state index in [1.807, 2.05) is 0 Å². The van der Waals surface area contributed by atoms with E-state index in [0.29, 0.717) is 0 Å². The lowest BCUT2D eigenvalue weighted by Gasteiger charge is -2.14. The van der Waals surface area contributed by atoms with Gasteiger partial charge in [0, 0.05) is 10.7 Å². The Morgan fingerprint density at radius 2 is 1.20 bits per heavy atom. The van der Waals surface area contributed by atoms with Crippen molar-refractivity contribution in [3.8, 4) is 0 Å². The lowest BCUT2D eigenvalue weighted by molar-refractivity contribution is -0.849. The summed E-state index contributed by atoms with van der Waals surface area (Å²) >= 11 is 0. The summed E-state index contributed by atoms with van der Waals surface area (Å²) < 4.78 is 27.5. The summed E-state index contributed by atoms with van der Waals surface area (Å²) in [5.74, 6) is 0. The Morgan fingerprint density at radius 1 is 1.20 bits per heavy atom. The van der Waals surface area contributed by atoms with Crippen LogP contribution in [0.1, 0.15) is 0 Å². The van der Waals surface area contributed by atoms with Crippen molar-refractivity contribution in [3.63, 3.8) is 0 Å². The zero-order valence-corrected chi connectivity index (χ0v) is 8.03. The molecule has 10 heavy (non-hydrogen) atoms. The van der Waals surface area contributed by atoms with Gasteiger partial charge in [0.05, 0.1) is 28.2 Å². The molecule has 0 saturated carbocycles. The van der Waals surface area contributed by atoms with E-state index in [4.69, 9.17) is 13.0 Å². The van der Waals surface area contributed by atoms with E-state index in [1.165, 1.54) is 0 Å². The molecule has 64 valence electrons. The number of hydrogen-bond donors (Lipinski definition) is 0. The highest BCUT2D eigenvalue weighted by atomic mass is 35.7. The Hall–Kier alpha value is 0.160. The number of quaternary nitrogens is 1. The molecule has 0 unspecified atom stereocenters. The maximum Gasteiger partial charge on any atom is 0.181 e. The minimum Gasteiger partial charge on any atom is -0.735 e. The molecule has 0 fully saturated rings. The van der Waals surface area contributed by atoms with Crippen LogP contribution in [0.5, 0.6) is 0 Å². The molecule has 0 radical (unpaired) electrons. The van der Waals surface area contributed by atoms with Gasteiger partial charge in [0.15, 0.2) is 9.33 Å². The number of hydrogen-bond acceptors (Lipinski definition) is 3. The first-order valence-corrected chi connectivity index (χ1v) is 4.68. The molecular formula is C4H12ClNO3S. The van der Waals surface area contributed by atoms with Crippen molar-refractivity contribution in [2.24, 2.45) is 0 Å². The highest BCUT2D eigenvalue weighted by Gasteiger charge is 1.88. The molecule has 0 aromatic carbocycles. The van der Waals surface area contributed by atoms with E-state index in [1.54, 1.807) is 0 Å². The molecule has 0 rings (SSSR count). The highest BCUT2D eigenvalue weighted by Crippen LogP contribution is 1.82. The molecule has 0 N–H and O–H groups in total. The van der Waals surface area contributed by atoms with Gasteiger partial charge >= 0.3 is 0 Å². The molecule has 0 aliphatic carbocycles. The molecule has 6 heteroatoms. The van der Waals surface area contributed by atoms with Crippen molar-refractivity contribution in [1.82, 2.24) is 0 Å². The fourth-order valence-corrected chi connectivity index (χ4v) is 0. The Labute approximate surface area is 66.2 Å². The van der Waals surface area contributed by atoms with Crippen LogP contribution >= 0.6 is 10.7 Å². The average Bonchev–Trinajstić information content (AvgIpc) is 1.12. The molecule has 0 aliphatic rings. The van der Waals surface area contributed by atoms with Gasteiger partial charge < -0.3 is 9.04 Å². The van der Waals surface area contributed by atoms with Gasteiger partial charge in [-0.3, -0.25) is 0 Å². The molecule has 4 nitrogen and oxygen atoms in total. The summed E-state index contributed by atoms with van der Waals surface area (Å²) in [5.41, 5.74) is 0. The van der Waals surface area contributed by atoms with E-state index in [-0.39, 0.29) is 0 Å². The predicted octanol–water partition coefficient (Wildman–Crippen LogP) is 0.00780. The second-order valence-electron chi connectivity index (χ2n) is 3.08. The van der Waals surface area contributed by atoms with Crippen LogP contribution in [0.25, 0.3) is 0 Å². The van der Waals surface area contributed by atoms with Crippen molar-refractivity contribution >= 4 is 20.0 Å². The molecule has 0 spiro atoms. The lowest BCUT2D eigenvalue weighted by atomic mass is 10.8. The molecule has 0 aromatic rings. The summed E-state index contributed by atoms with van der Waals surface area (Å²) in [4.78, 5) is 0. The van der Waals surface area contributed by atoms with E-state index < -0.39 is 9.33 Å². The molecule has 0 heterocycles. The fourth-order valence-electron chi connectivity index (χ4n) is 0. The van der Waals surface area contributed by atoms with Gasteiger partial charge in [-0.1, -0.05) is 0 Å². The van der Waals surface area contributed by atoms with Crippen LogP contribution in [-0.2, 0) is 9.33 Å². The number of halogens is 1. The second kappa shape index (κ2) is 4.12. The molecule has 0 bridgehead atoms. The third-order valence-electron chi connectivity index (χ3n) is 0. The van der Waals surface area contributed by atoms with E-state index in [9.17, 15) is 0 Å². The summed E-state index contributed by atoms with van der Waals surface area (Å²) in [6, 6.07) is 0. The maximum absolute atomic E-state index is 8.84. The normalized spacial score (nSPS) is 11.8. The third-order valence-corrected chi connectivity index (χ3v) is 0. The van der Waals surface area contributed by atoms with Gasteiger partial charge in [-0.25, -0.2) is 8.42 Å². The van der Waals surface area contributed by atoms with Crippen LogP contribution in [0.15, 0.2) is 0 Å². The average molecular weight is 190 g/mol. The molecule has 0 amide bonds. The van der Waals surface area contributed by atoms with E-state index >= 15 is 0 Å². The zero-order valence-electron chi connectivity index (χ0n) is 6.46. The van der Waals surface area contributed by atoms with Crippen molar-refractivity contribution in [2.75, 3.05) is 28.2 Å². The first kappa shape index (κ1) is 12.8. The Morgan fingerprint density at radius 3 is 1.20 bits per heavy atom. The Bertz CT molecular complexity index is 155. The van der Waals surface area contributed by atoms with E-state index in [2.05, 4.69) is 38.9 Å². The summed E-state index contributed by atoms with van der Waals surface area (Å²) in [5, 5.41) is 0. The molecule has 0 aromatic heterocycles. The monoisotopic (exact) mass is 189 g/mol. The van der Waals surface area contributed by atoms with E-state index in [0.717, 1.165) is 4.48 Å². The minimum atomic E-state index is -4.44. The molecule has 0 atom stereocenters. The van der Waals surface area contributed by atoms with Gasteiger partial charge in [0.2, 0.25) is 0 Å². The summed E-state index contributed by atoms with van der Waals surface area (Å²) in [6.45, 7) is 0.